The highest BCUT2D eigenvalue weighted by Crippen LogP contribution is 2.42. The Labute approximate surface area is 132 Å². The second kappa shape index (κ2) is 7.20. The second-order valence-electron chi connectivity index (χ2n) is 6.58. The minimum Gasteiger partial charge on any atom is -0.313 e. The van der Waals surface area contributed by atoms with Crippen molar-refractivity contribution in [1.82, 2.24) is 5.32 Å². The fourth-order valence-electron chi connectivity index (χ4n) is 2.90. The lowest BCUT2D eigenvalue weighted by Gasteiger charge is -2.41. The number of halogens is 1. The van der Waals surface area contributed by atoms with Crippen LogP contribution < -0.4 is 5.32 Å². The van der Waals surface area contributed by atoms with E-state index >= 15 is 0 Å². The van der Waals surface area contributed by atoms with Crippen LogP contribution in [0, 0.1) is 5.41 Å². The van der Waals surface area contributed by atoms with Gasteiger partial charge in [-0.3, -0.25) is 0 Å². The molecule has 1 aliphatic rings. The molecule has 1 N–H and O–H groups in total. The molecule has 112 valence electrons. The zero-order valence-electron chi connectivity index (χ0n) is 12.8. The number of nitrogens with one attached hydrogen (secondary N) is 1. The van der Waals surface area contributed by atoms with Crippen LogP contribution in [0.5, 0.6) is 0 Å². The molecule has 1 fully saturated rings. The van der Waals surface area contributed by atoms with E-state index in [0.29, 0.717) is 16.7 Å². The lowest BCUT2D eigenvalue weighted by atomic mass is 9.75. The molecule has 0 bridgehead atoms. The molecule has 1 aromatic carbocycles. The number of thioether (sulfide) groups is 1. The average molecular weight is 312 g/mol. The molecular formula is C17H26ClNS. The summed E-state index contributed by atoms with van der Waals surface area (Å²) < 4.78 is 0. The molecule has 2 atom stereocenters. The van der Waals surface area contributed by atoms with E-state index in [-0.39, 0.29) is 0 Å². The minimum absolute atomic E-state index is 0.467. The third-order valence-corrected chi connectivity index (χ3v) is 5.69. The van der Waals surface area contributed by atoms with Crippen LogP contribution in [0.25, 0.3) is 0 Å². The molecule has 0 amide bonds. The van der Waals surface area contributed by atoms with E-state index in [1.165, 1.54) is 30.6 Å². The maximum absolute atomic E-state index is 5.98. The zero-order valence-corrected chi connectivity index (χ0v) is 14.4. The summed E-state index contributed by atoms with van der Waals surface area (Å²) in [7, 11) is 0. The Morgan fingerprint density at radius 1 is 1.30 bits per heavy atom. The summed E-state index contributed by atoms with van der Waals surface area (Å²) in [5.74, 6) is 0. The summed E-state index contributed by atoms with van der Waals surface area (Å²) in [6, 6.07) is 8.92. The van der Waals surface area contributed by atoms with Crippen LogP contribution >= 0.6 is 23.4 Å². The average Bonchev–Trinajstić information content (AvgIpc) is 2.40. The van der Waals surface area contributed by atoms with Gasteiger partial charge in [0.25, 0.3) is 0 Å². The maximum Gasteiger partial charge on any atom is 0.0406 e. The fourth-order valence-corrected chi connectivity index (χ4v) is 4.60. The molecule has 0 aliphatic heterocycles. The van der Waals surface area contributed by atoms with E-state index in [1.54, 1.807) is 0 Å². The van der Waals surface area contributed by atoms with E-state index in [4.69, 9.17) is 11.6 Å². The van der Waals surface area contributed by atoms with Gasteiger partial charge in [-0.1, -0.05) is 32.4 Å². The Morgan fingerprint density at radius 3 is 2.65 bits per heavy atom. The van der Waals surface area contributed by atoms with E-state index in [0.717, 1.165) is 11.6 Å². The first kappa shape index (κ1) is 16.2. The lowest BCUT2D eigenvalue weighted by molar-refractivity contribution is 0.214. The number of hydrogen-bond acceptors (Lipinski definition) is 2. The van der Waals surface area contributed by atoms with Gasteiger partial charge in [-0.15, -0.1) is 11.8 Å². The third kappa shape index (κ3) is 4.68. The molecule has 1 saturated carbocycles. The van der Waals surface area contributed by atoms with Gasteiger partial charge >= 0.3 is 0 Å². The summed E-state index contributed by atoms with van der Waals surface area (Å²) in [5, 5.41) is 5.22. The maximum atomic E-state index is 5.98. The largest absolute Gasteiger partial charge is 0.313 e. The molecule has 0 aromatic heterocycles. The van der Waals surface area contributed by atoms with Gasteiger partial charge in [0, 0.05) is 21.2 Å². The van der Waals surface area contributed by atoms with Gasteiger partial charge in [0.15, 0.2) is 0 Å². The summed E-state index contributed by atoms with van der Waals surface area (Å²) in [5.41, 5.74) is 0.467. The molecule has 1 nitrogen and oxygen atoms in total. The summed E-state index contributed by atoms with van der Waals surface area (Å²) >= 11 is 7.99. The van der Waals surface area contributed by atoms with Crippen molar-refractivity contribution in [3.05, 3.63) is 29.3 Å². The highest BCUT2D eigenvalue weighted by Gasteiger charge is 2.35. The first-order chi connectivity index (χ1) is 9.50. The van der Waals surface area contributed by atoms with Crippen LogP contribution in [0.15, 0.2) is 29.2 Å². The van der Waals surface area contributed by atoms with E-state index < -0.39 is 0 Å². The Kier molecular flexibility index (Phi) is 5.83. The first-order valence-electron chi connectivity index (χ1n) is 7.66. The number of hydrogen-bond donors (Lipinski definition) is 1. The van der Waals surface area contributed by atoms with Crippen LogP contribution in [0.4, 0.5) is 0 Å². The van der Waals surface area contributed by atoms with Crippen molar-refractivity contribution in [1.29, 1.82) is 0 Å². The molecule has 3 heteroatoms. The van der Waals surface area contributed by atoms with Gasteiger partial charge in [0.1, 0.15) is 0 Å². The number of benzene rings is 1. The van der Waals surface area contributed by atoms with Crippen molar-refractivity contribution < 1.29 is 0 Å². The fraction of sp³-hybridized carbons (Fsp3) is 0.647. The molecule has 0 radical (unpaired) electrons. The number of rotatable bonds is 5. The Balaban J connectivity index is 2.04. The predicted octanol–water partition coefficient (Wildman–Crippen LogP) is 5.38. The Bertz CT molecular complexity index is 416. The molecular weight excluding hydrogens is 286 g/mol. The normalized spacial score (nSPS) is 25.6. The summed E-state index contributed by atoms with van der Waals surface area (Å²) in [6.07, 6.45) is 5.10. The van der Waals surface area contributed by atoms with Gasteiger partial charge in [-0.05, 0) is 61.9 Å². The highest BCUT2D eigenvalue weighted by atomic mass is 35.5. The smallest absolute Gasteiger partial charge is 0.0406 e. The quantitative estimate of drug-likeness (QED) is 0.783. The first-order valence-corrected chi connectivity index (χ1v) is 8.91. The van der Waals surface area contributed by atoms with Crippen molar-refractivity contribution in [2.24, 2.45) is 5.41 Å². The second-order valence-corrected chi connectivity index (χ2v) is 8.33. The minimum atomic E-state index is 0.467. The van der Waals surface area contributed by atoms with E-state index in [2.05, 4.69) is 38.2 Å². The van der Waals surface area contributed by atoms with Crippen LogP contribution in [0.1, 0.15) is 46.5 Å². The Hall–Kier alpha value is -0.180. The lowest BCUT2D eigenvalue weighted by Crippen LogP contribution is -2.45. The molecule has 0 saturated heterocycles. The van der Waals surface area contributed by atoms with E-state index in [9.17, 15) is 0 Å². The summed E-state index contributed by atoms with van der Waals surface area (Å²) in [6.45, 7) is 8.17. The van der Waals surface area contributed by atoms with Gasteiger partial charge in [-0.25, -0.2) is 0 Å². The SMILES string of the molecule is CCCNC1CCC(C)(C)CC1Sc1ccc(Cl)cc1. The van der Waals surface area contributed by atoms with Crippen molar-refractivity contribution in [2.75, 3.05) is 6.54 Å². The van der Waals surface area contributed by atoms with Crippen molar-refractivity contribution in [3.63, 3.8) is 0 Å². The molecule has 2 rings (SSSR count). The highest BCUT2D eigenvalue weighted by molar-refractivity contribution is 8.00. The topological polar surface area (TPSA) is 12.0 Å². The van der Waals surface area contributed by atoms with Crippen molar-refractivity contribution >= 4 is 23.4 Å². The molecule has 1 aliphatic carbocycles. The van der Waals surface area contributed by atoms with Gasteiger partial charge in [0.2, 0.25) is 0 Å². The van der Waals surface area contributed by atoms with Gasteiger partial charge < -0.3 is 5.32 Å². The van der Waals surface area contributed by atoms with E-state index in [1.807, 2.05) is 23.9 Å². The van der Waals surface area contributed by atoms with Gasteiger partial charge in [0.05, 0.1) is 0 Å². The molecule has 0 spiro atoms. The van der Waals surface area contributed by atoms with Crippen molar-refractivity contribution in [2.45, 2.75) is 62.6 Å². The molecule has 2 unspecified atom stereocenters. The summed E-state index contributed by atoms with van der Waals surface area (Å²) in [4.78, 5) is 1.33. The monoisotopic (exact) mass is 311 g/mol. The van der Waals surface area contributed by atoms with Crippen LogP contribution in [0.2, 0.25) is 5.02 Å². The third-order valence-electron chi connectivity index (χ3n) is 4.09. The molecule has 0 heterocycles. The zero-order chi connectivity index (χ0) is 14.6. The molecule has 1 aromatic rings. The van der Waals surface area contributed by atoms with Crippen LogP contribution in [-0.2, 0) is 0 Å². The van der Waals surface area contributed by atoms with Crippen molar-refractivity contribution in [3.8, 4) is 0 Å². The standard InChI is InChI=1S/C17H26ClNS/c1-4-11-19-15-9-10-17(2,3)12-16(15)20-14-7-5-13(18)6-8-14/h5-8,15-16,19H,4,9-12H2,1-3H3. The van der Waals surface area contributed by atoms with Crippen LogP contribution in [0.3, 0.4) is 0 Å². The molecule has 20 heavy (non-hydrogen) atoms. The Morgan fingerprint density at radius 2 is 2.00 bits per heavy atom. The van der Waals surface area contributed by atoms with Gasteiger partial charge in [-0.2, -0.15) is 0 Å². The van der Waals surface area contributed by atoms with Crippen LogP contribution in [-0.4, -0.2) is 17.8 Å². The predicted molar refractivity (Wildman–Crippen MR) is 90.8 cm³/mol.